The van der Waals surface area contributed by atoms with Crippen molar-refractivity contribution < 1.29 is 2.85 Å². The zero-order valence-electron chi connectivity index (χ0n) is 9.23. The van der Waals surface area contributed by atoms with Gasteiger partial charge in [0.2, 0.25) is 0 Å². The van der Waals surface area contributed by atoms with E-state index in [2.05, 4.69) is 28.2 Å². The summed E-state index contributed by atoms with van der Waals surface area (Å²) in [5.74, 6) is 0.249. The maximum Gasteiger partial charge on any atom is 0.305 e. The number of aromatic nitrogens is 3. The van der Waals surface area contributed by atoms with E-state index in [1.807, 2.05) is 18.2 Å². The molecular formula is C12H15N3OS. The highest BCUT2D eigenvalue weighted by atomic mass is 32.1. The minimum atomic E-state index is -0.00802. The van der Waals surface area contributed by atoms with Crippen LogP contribution >= 0.6 is 11.3 Å². The fraction of sp³-hybridized carbons (Fsp3) is 0.167. The molecule has 17 heavy (non-hydrogen) atoms. The molecule has 5 heteroatoms. The Morgan fingerprint density at radius 2 is 2.29 bits per heavy atom. The van der Waals surface area contributed by atoms with Gasteiger partial charge in [0, 0.05) is 20.7 Å². The molecule has 0 spiro atoms. The molecule has 0 amide bonds. The molecule has 0 radical (unpaired) electrons. The molecule has 2 N–H and O–H groups in total. The Bertz CT molecular complexity index is 705. The Kier molecular flexibility index (Phi) is 2.33. The number of nitrogens with zero attached hydrogens (tertiary/aromatic N) is 1. The van der Waals surface area contributed by atoms with Crippen LogP contribution in [0, 0.1) is 0 Å². The minimum absolute atomic E-state index is 0. The van der Waals surface area contributed by atoms with Crippen LogP contribution in [0.15, 0.2) is 35.3 Å². The van der Waals surface area contributed by atoms with Gasteiger partial charge in [-0.3, -0.25) is 9.89 Å². The number of hydrogen-bond donors (Lipinski definition) is 2. The van der Waals surface area contributed by atoms with E-state index in [1.54, 1.807) is 6.20 Å². The van der Waals surface area contributed by atoms with Crippen molar-refractivity contribution in [1.82, 2.24) is 15.2 Å². The molecule has 0 bridgehead atoms. The van der Waals surface area contributed by atoms with Gasteiger partial charge in [0.1, 0.15) is 0 Å². The average molecular weight is 249 g/mol. The van der Waals surface area contributed by atoms with Gasteiger partial charge < -0.3 is 4.98 Å². The number of nitrogens with one attached hydrogen (secondary N) is 2. The van der Waals surface area contributed by atoms with E-state index >= 15 is 0 Å². The topological polar surface area (TPSA) is 61.5 Å². The van der Waals surface area contributed by atoms with E-state index < -0.39 is 0 Å². The zero-order valence-corrected chi connectivity index (χ0v) is 10.0. The highest BCUT2D eigenvalue weighted by Crippen LogP contribution is 2.25. The summed E-state index contributed by atoms with van der Waals surface area (Å²) in [6.07, 6.45) is 1.75. The fourth-order valence-electron chi connectivity index (χ4n) is 1.92. The number of H-pyrrole nitrogens is 2. The molecule has 2 heterocycles. The van der Waals surface area contributed by atoms with Gasteiger partial charge in [-0.15, -0.1) is 0 Å². The summed E-state index contributed by atoms with van der Waals surface area (Å²) < 4.78 is 0.999. The molecule has 0 aliphatic rings. The molecule has 0 aliphatic heterocycles. The van der Waals surface area contributed by atoms with Gasteiger partial charge in [-0.2, -0.15) is 5.10 Å². The summed E-state index contributed by atoms with van der Waals surface area (Å²) in [6, 6.07) is 8.02. The third kappa shape index (κ3) is 1.78. The van der Waals surface area contributed by atoms with Crippen molar-refractivity contribution >= 4 is 21.6 Å². The molecule has 2 aromatic heterocycles. The second kappa shape index (κ2) is 3.85. The van der Waals surface area contributed by atoms with Gasteiger partial charge in [0.15, 0.2) is 0 Å². The van der Waals surface area contributed by atoms with Crippen LogP contribution in [0.5, 0.6) is 0 Å². The smallest absolute Gasteiger partial charge is 0.305 e. The normalized spacial score (nSPS) is 13.0. The van der Waals surface area contributed by atoms with Gasteiger partial charge in [-0.1, -0.05) is 24.3 Å². The number of aromatic amines is 2. The average Bonchev–Trinajstić information content (AvgIpc) is 2.94. The second-order valence-electron chi connectivity index (χ2n) is 4.00. The van der Waals surface area contributed by atoms with Crippen molar-refractivity contribution in [2.24, 2.45) is 0 Å². The van der Waals surface area contributed by atoms with E-state index in [4.69, 9.17) is 0 Å². The first-order valence-electron chi connectivity index (χ1n) is 5.36. The van der Waals surface area contributed by atoms with Gasteiger partial charge in [-0.25, -0.2) is 0 Å². The van der Waals surface area contributed by atoms with Crippen molar-refractivity contribution in [2.45, 2.75) is 12.8 Å². The summed E-state index contributed by atoms with van der Waals surface area (Å²) in [4.78, 5) is 14.0. The first-order chi connectivity index (χ1) is 8.24. The van der Waals surface area contributed by atoms with E-state index in [1.165, 1.54) is 16.9 Å². The lowest BCUT2D eigenvalue weighted by atomic mass is 9.98. The lowest BCUT2D eigenvalue weighted by Crippen LogP contribution is -1.96. The highest BCUT2D eigenvalue weighted by molar-refractivity contribution is 7.16. The van der Waals surface area contributed by atoms with Crippen LogP contribution in [0.3, 0.4) is 0 Å². The van der Waals surface area contributed by atoms with Crippen molar-refractivity contribution in [1.29, 1.82) is 0 Å². The largest absolute Gasteiger partial charge is 0.312 e. The van der Waals surface area contributed by atoms with E-state index in [-0.39, 0.29) is 13.6 Å². The lowest BCUT2D eigenvalue weighted by molar-refractivity contribution is 0.855. The fourth-order valence-corrected chi connectivity index (χ4v) is 2.70. The van der Waals surface area contributed by atoms with Crippen molar-refractivity contribution in [3.05, 3.63) is 51.4 Å². The molecule has 4 nitrogen and oxygen atoms in total. The van der Waals surface area contributed by atoms with Crippen LogP contribution in [0.4, 0.5) is 0 Å². The number of benzene rings is 1. The number of hydrogen-bond acceptors (Lipinski definition) is 3. The summed E-state index contributed by atoms with van der Waals surface area (Å²) in [5.41, 5.74) is 3.16. The van der Waals surface area contributed by atoms with Crippen LogP contribution in [0.25, 0.3) is 10.2 Å². The molecule has 1 unspecified atom stereocenters. The van der Waals surface area contributed by atoms with Gasteiger partial charge in [0.25, 0.3) is 0 Å². The predicted molar refractivity (Wildman–Crippen MR) is 72.8 cm³/mol. The summed E-state index contributed by atoms with van der Waals surface area (Å²) >= 11 is 1.24. The molecule has 1 atom stereocenters. The second-order valence-corrected chi connectivity index (χ2v) is 5.02. The molecule has 0 aliphatic carbocycles. The maximum atomic E-state index is 11.2. The Balaban J connectivity index is 0.000000902. The molecular weight excluding hydrogens is 234 g/mol. The Hall–Kier alpha value is -1.88. The minimum Gasteiger partial charge on any atom is -0.312 e. The standard InChI is InChI=1S/C12H11N3OS.2H2/c1-7(9-4-5-13-15-9)8-2-3-10-11(6-8)17-12(16)14-10;;/h2-7H,1H3,(H,13,15)(H,14,16);2*1H. The number of thiazole rings is 1. The number of rotatable bonds is 2. The van der Waals surface area contributed by atoms with Crippen LogP contribution < -0.4 is 4.87 Å². The predicted octanol–water partition coefficient (Wildman–Crippen LogP) is 2.96. The Morgan fingerprint density at radius 1 is 1.41 bits per heavy atom. The first-order valence-corrected chi connectivity index (χ1v) is 6.18. The summed E-state index contributed by atoms with van der Waals surface area (Å²) in [7, 11) is 0. The lowest BCUT2D eigenvalue weighted by Gasteiger charge is -2.09. The van der Waals surface area contributed by atoms with Crippen LogP contribution in [-0.2, 0) is 0 Å². The van der Waals surface area contributed by atoms with Crippen LogP contribution in [0.2, 0.25) is 0 Å². The SMILES string of the molecule is CC(c1ccc2[nH]c(=O)sc2c1)c1ccn[nH]1.[HH].[HH]. The molecule has 90 valence electrons. The quantitative estimate of drug-likeness (QED) is 0.733. The summed E-state index contributed by atoms with van der Waals surface area (Å²) in [6.45, 7) is 2.12. The molecule has 0 saturated heterocycles. The Labute approximate surface area is 104 Å². The monoisotopic (exact) mass is 249 g/mol. The van der Waals surface area contributed by atoms with Gasteiger partial charge in [0.05, 0.1) is 10.2 Å². The molecule has 1 aromatic carbocycles. The van der Waals surface area contributed by atoms with E-state index in [0.29, 0.717) is 0 Å². The first kappa shape index (κ1) is 10.3. The van der Waals surface area contributed by atoms with Crippen LogP contribution in [-0.4, -0.2) is 15.2 Å². The molecule has 0 saturated carbocycles. The highest BCUT2D eigenvalue weighted by Gasteiger charge is 2.10. The van der Waals surface area contributed by atoms with Gasteiger partial charge >= 0.3 is 4.87 Å². The molecule has 3 aromatic rings. The zero-order chi connectivity index (χ0) is 11.8. The summed E-state index contributed by atoms with van der Waals surface area (Å²) in [5, 5.41) is 6.93. The van der Waals surface area contributed by atoms with Crippen molar-refractivity contribution in [2.75, 3.05) is 0 Å². The third-order valence-electron chi connectivity index (χ3n) is 2.93. The van der Waals surface area contributed by atoms with Gasteiger partial charge in [-0.05, 0) is 23.8 Å². The molecule has 0 fully saturated rings. The molecule has 3 rings (SSSR count). The number of fused-ring (bicyclic) bond motifs is 1. The maximum absolute atomic E-state index is 11.2. The third-order valence-corrected chi connectivity index (χ3v) is 3.78. The van der Waals surface area contributed by atoms with Crippen molar-refractivity contribution in [3.63, 3.8) is 0 Å². The Morgan fingerprint density at radius 3 is 3.06 bits per heavy atom. The van der Waals surface area contributed by atoms with Crippen molar-refractivity contribution in [3.8, 4) is 0 Å². The van der Waals surface area contributed by atoms with E-state index in [0.717, 1.165) is 15.9 Å². The van der Waals surface area contributed by atoms with E-state index in [9.17, 15) is 4.79 Å². The van der Waals surface area contributed by atoms with Crippen LogP contribution in [0.1, 0.15) is 27.0 Å².